The van der Waals surface area contributed by atoms with Crippen molar-refractivity contribution in [3.63, 3.8) is 0 Å². The first-order valence-electron chi connectivity index (χ1n) is 17.5. The van der Waals surface area contributed by atoms with Crippen LogP contribution < -0.4 is 0 Å². The van der Waals surface area contributed by atoms with E-state index in [2.05, 4.69) is 191 Å². The maximum absolute atomic E-state index is 2.52. The first-order chi connectivity index (χ1) is 24.8. The molecule has 0 saturated carbocycles. The molecule has 0 saturated heterocycles. The molecule has 0 radical (unpaired) electrons. The Balaban J connectivity index is 1.28. The number of para-hydroxylation sites is 2. The highest BCUT2D eigenvalue weighted by molar-refractivity contribution is 6.26. The van der Waals surface area contributed by atoms with Gasteiger partial charge in [0.2, 0.25) is 0 Å². The first-order valence-corrected chi connectivity index (χ1v) is 17.5. The Morgan fingerprint density at radius 3 is 1.54 bits per heavy atom. The van der Waals surface area contributed by atoms with Crippen LogP contribution in [0.3, 0.4) is 0 Å². The smallest absolute Gasteiger partial charge is 0.0641 e. The third-order valence-corrected chi connectivity index (χ3v) is 10.4. The molecule has 0 atom stereocenters. The fraction of sp³-hybridized carbons (Fsp3) is 0.0417. The van der Waals surface area contributed by atoms with Gasteiger partial charge in [0.05, 0.1) is 22.1 Å². The molecule has 0 amide bonds. The molecule has 0 aliphatic heterocycles. The Labute approximate surface area is 291 Å². The lowest BCUT2D eigenvalue weighted by Crippen LogP contribution is -2.01. The zero-order valence-electron chi connectivity index (χ0n) is 27.6. The minimum atomic E-state index is 0.981. The zero-order valence-corrected chi connectivity index (χ0v) is 27.6. The first kappa shape index (κ1) is 28.6. The van der Waals surface area contributed by atoms with Crippen molar-refractivity contribution in [3.05, 3.63) is 188 Å². The molecule has 2 nitrogen and oxygen atoms in total. The van der Waals surface area contributed by atoms with Gasteiger partial charge < -0.3 is 9.13 Å². The molecule has 7 aromatic carbocycles. The number of aromatic nitrogens is 2. The van der Waals surface area contributed by atoms with Crippen LogP contribution in [0.25, 0.3) is 82.8 Å². The summed E-state index contributed by atoms with van der Waals surface area (Å²) in [5, 5.41) is 5.10. The van der Waals surface area contributed by atoms with Gasteiger partial charge >= 0.3 is 0 Å². The van der Waals surface area contributed by atoms with Crippen LogP contribution in [0.4, 0.5) is 0 Å². The van der Waals surface area contributed by atoms with Crippen molar-refractivity contribution in [1.82, 2.24) is 9.13 Å². The van der Waals surface area contributed by atoms with E-state index in [1.54, 1.807) is 0 Å². The predicted molar refractivity (Wildman–Crippen MR) is 213 cm³/mol. The third-order valence-electron chi connectivity index (χ3n) is 10.4. The lowest BCUT2D eigenvalue weighted by molar-refractivity contribution is 0.992. The fourth-order valence-corrected chi connectivity index (χ4v) is 8.13. The SMILES string of the molecule is C1=C(c2ccccc2)CCC(n2c3ccccc3c3c2ccc2c4ccccc4n(-c4cc(-c5ccccc5)cc(-c5ccccc5)c4)c23)=C1. The standard InChI is InChI=1S/C48H34N2/c1-4-14-33(15-5-1)36-24-26-39(27-25-36)49-45-23-13-11-21-43(45)47-46(49)29-28-42-41-20-10-12-22-44(41)50(48(42)47)40-31-37(34-16-6-2-7-17-34)30-38(32-40)35-18-8-3-9-19-35/h1-24,26,28-32H,25,27H2. The molecule has 0 bridgehead atoms. The molecule has 50 heavy (non-hydrogen) atoms. The Bertz CT molecular complexity index is 2720. The third kappa shape index (κ3) is 4.57. The zero-order chi connectivity index (χ0) is 33.0. The number of benzene rings is 7. The minimum absolute atomic E-state index is 0.981. The lowest BCUT2D eigenvalue weighted by Gasteiger charge is -2.18. The summed E-state index contributed by atoms with van der Waals surface area (Å²) in [6.07, 6.45) is 6.66. The van der Waals surface area contributed by atoms with Crippen molar-refractivity contribution in [2.24, 2.45) is 0 Å². The average molecular weight is 639 g/mol. The summed E-state index contributed by atoms with van der Waals surface area (Å²) in [6, 6.07) is 61.9. The van der Waals surface area contributed by atoms with E-state index in [1.807, 2.05) is 0 Å². The van der Waals surface area contributed by atoms with Gasteiger partial charge in [-0.15, -0.1) is 0 Å². The van der Waals surface area contributed by atoms with Gasteiger partial charge in [-0.25, -0.2) is 0 Å². The largest absolute Gasteiger partial charge is 0.313 e. The Morgan fingerprint density at radius 1 is 0.360 bits per heavy atom. The van der Waals surface area contributed by atoms with Gasteiger partial charge in [0.1, 0.15) is 0 Å². The molecule has 9 aromatic rings. The van der Waals surface area contributed by atoms with Crippen molar-refractivity contribution < 1.29 is 0 Å². The Hall–Kier alpha value is -6.38. The van der Waals surface area contributed by atoms with E-state index in [0.29, 0.717) is 0 Å². The molecule has 2 heterocycles. The summed E-state index contributed by atoms with van der Waals surface area (Å²) >= 11 is 0. The van der Waals surface area contributed by atoms with Crippen LogP contribution in [-0.2, 0) is 0 Å². The van der Waals surface area contributed by atoms with Gasteiger partial charge in [-0.3, -0.25) is 0 Å². The molecular weight excluding hydrogens is 605 g/mol. The second-order valence-electron chi connectivity index (χ2n) is 13.3. The van der Waals surface area contributed by atoms with E-state index in [9.17, 15) is 0 Å². The Kier molecular flexibility index (Phi) is 6.67. The summed E-state index contributed by atoms with van der Waals surface area (Å²) in [5.74, 6) is 0. The van der Waals surface area contributed by atoms with Crippen LogP contribution in [0.15, 0.2) is 182 Å². The minimum Gasteiger partial charge on any atom is -0.313 e. The van der Waals surface area contributed by atoms with E-state index in [0.717, 1.165) is 18.5 Å². The van der Waals surface area contributed by atoms with Crippen LogP contribution in [0.1, 0.15) is 18.4 Å². The molecule has 236 valence electrons. The summed E-state index contributed by atoms with van der Waals surface area (Å²) in [4.78, 5) is 0. The topological polar surface area (TPSA) is 9.86 Å². The molecule has 1 aliphatic rings. The molecule has 0 spiro atoms. The number of hydrogen-bond donors (Lipinski definition) is 0. The Morgan fingerprint density at radius 2 is 0.920 bits per heavy atom. The van der Waals surface area contributed by atoms with Crippen molar-refractivity contribution >= 4 is 54.9 Å². The van der Waals surface area contributed by atoms with E-state index < -0.39 is 0 Å². The molecule has 0 unspecified atom stereocenters. The number of fused-ring (bicyclic) bond motifs is 7. The van der Waals surface area contributed by atoms with Crippen molar-refractivity contribution in [2.45, 2.75) is 12.8 Å². The summed E-state index contributed by atoms with van der Waals surface area (Å²) in [7, 11) is 0. The van der Waals surface area contributed by atoms with E-state index in [-0.39, 0.29) is 0 Å². The molecule has 2 aromatic heterocycles. The molecule has 10 rings (SSSR count). The van der Waals surface area contributed by atoms with Crippen LogP contribution >= 0.6 is 0 Å². The molecular formula is C48H34N2. The molecule has 1 aliphatic carbocycles. The van der Waals surface area contributed by atoms with Crippen LogP contribution in [0.2, 0.25) is 0 Å². The van der Waals surface area contributed by atoms with Crippen molar-refractivity contribution in [2.75, 3.05) is 0 Å². The van der Waals surface area contributed by atoms with Crippen LogP contribution in [0.5, 0.6) is 0 Å². The normalized spacial score (nSPS) is 13.3. The monoisotopic (exact) mass is 638 g/mol. The van der Waals surface area contributed by atoms with Gasteiger partial charge in [0.15, 0.2) is 0 Å². The summed E-state index contributed by atoms with van der Waals surface area (Å²) in [6.45, 7) is 0. The highest BCUT2D eigenvalue weighted by Crippen LogP contribution is 2.44. The summed E-state index contributed by atoms with van der Waals surface area (Å²) in [5.41, 5.74) is 15.0. The van der Waals surface area contributed by atoms with Gasteiger partial charge in [0.25, 0.3) is 0 Å². The molecule has 0 fully saturated rings. The highest BCUT2D eigenvalue weighted by atomic mass is 15.0. The number of nitrogens with zero attached hydrogens (tertiary/aromatic N) is 2. The number of rotatable bonds is 5. The van der Waals surface area contributed by atoms with Crippen molar-refractivity contribution in [3.8, 4) is 27.9 Å². The highest BCUT2D eigenvalue weighted by Gasteiger charge is 2.22. The van der Waals surface area contributed by atoms with Crippen LogP contribution in [0, 0.1) is 0 Å². The van der Waals surface area contributed by atoms with E-state index in [1.165, 1.54) is 82.7 Å². The van der Waals surface area contributed by atoms with Crippen molar-refractivity contribution in [1.29, 1.82) is 0 Å². The van der Waals surface area contributed by atoms with Gasteiger partial charge in [-0.05, 0) is 88.7 Å². The molecule has 0 N–H and O–H groups in total. The van der Waals surface area contributed by atoms with Gasteiger partial charge in [-0.2, -0.15) is 0 Å². The van der Waals surface area contributed by atoms with Gasteiger partial charge in [0, 0.05) is 32.9 Å². The maximum atomic E-state index is 2.52. The van der Waals surface area contributed by atoms with Crippen LogP contribution in [-0.4, -0.2) is 9.13 Å². The second kappa shape index (κ2) is 11.6. The molecule has 2 heteroatoms. The quantitative estimate of drug-likeness (QED) is 0.178. The second-order valence-corrected chi connectivity index (χ2v) is 13.3. The van der Waals surface area contributed by atoms with Gasteiger partial charge in [-0.1, -0.05) is 140 Å². The number of hydrogen-bond acceptors (Lipinski definition) is 0. The van der Waals surface area contributed by atoms with E-state index in [4.69, 9.17) is 0 Å². The summed E-state index contributed by atoms with van der Waals surface area (Å²) < 4.78 is 5.03. The predicted octanol–water partition coefficient (Wildman–Crippen LogP) is 12.9. The lowest BCUT2D eigenvalue weighted by atomic mass is 9.96. The fourth-order valence-electron chi connectivity index (χ4n) is 8.13. The maximum Gasteiger partial charge on any atom is 0.0641 e. The number of allylic oxidation sites excluding steroid dienone is 4. The van der Waals surface area contributed by atoms with E-state index >= 15 is 0 Å². The average Bonchev–Trinajstić information content (AvgIpc) is 3.72.